The summed E-state index contributed by atoms with van der Waals surface area (Å²) in [4.78, 5) is 1.30. The first-order valence-electron chi connectivity index (χ1n) is 5.68. The molecule has 0 spiro atoms. The molecule has 0 N–H and O–H groups in total. The summed E-state index contributed by atoms with van der Waals surface area (Å²) in [5, 5.41) is 0.174. The van der Waals surface area contributed by atoms with Crippen LogP contribution in [-0.4, -0.2) is 0 Å². The molecule has 1 aliphatic carbocycles. The molecule has 1 atom stereocenters. The van der Waals surface area contributed by atoms with Crippen LogP contribution in [0.3, 0.4) is 0 Å². The van der Waals surface area contributed by atoms with Gasteiger partial charge in [0.15, 0.2) is 0 Å². The molecule has 90 valence electrons. The Balaban J connectivity index is 2.26. The Morgan fingerprint density at radius 2 is 2.06 bits per heavy atom. The maximum atomic E-state index is 6.72. The molecule has 0 saturated heterocycles. The molecule has 1 unspecified atom stereocenters. The molecule has 2 rings (SSSR count). The molecule has 0 aromatic carbocycles. The Morgan fingerprint density at radius 1 is 1.44 bits per heavy atom. The Bertz CT molecular complexity index is 350. The van der Waals surface area contributed by atoms with E-state index in [1.54, 1.807) is 11.3 Å². The lowest BCUT2D eigenvalue weighted by Crippen LogP contribution is -2.20. The van der Waals surface area contributed by atoms with Gasteiger partial charge >= 0.3 is 0 Å². The van der Waals surface area contributed by atoms with E-state index in [-0.39, 0.29) is 5.38 Å². The fourth-order valence-electron chi connectivity index (χ4n) is 2.66. The molecule has 1 saturated carbocycles. The van der Waals surface area contributed by atoms with Crippen molar-refractivity contribution in [1.29, 1.82) is 0 Å². The summed E-state index contributed by atoms with van der Waals surface area (Å²) in [6, 6.07) is 2.17. The van der Waals surface area contributed by atoms with E-state index in [4.69, 9.17) is 11.6 Å². The lowest BCUT2D eigenvalue weighted by Gasteiger charge is -2.32. The van der Waals surface area contributed by atoms with Gasteiger partial charge in [0.25, 0.3) is 0 Å². The van der Waals surface area contributed by atoms with E-state index >= 15 is 0 Å². The summed E-state index contributed by atoms with van der Waals surface area (Å²) in [5.41, 5.74) is 0.339. The average molecular weight is 387 g/mol. The smallest absolute Gasteiger partial charge is 0.0843 e. The monoisotopic (exact) mass is 384 g/mol. The molecule has 1 aromatic heterocycles. The van der Waals surface area contributed by atoms with E-state index in [1.807, 2.05) is 0 Å². The van der Waals surface area contributed by atoms with Gasteiger partial charge in [0.1, 0.15) is 0 Å². The first-order valence-corrected chi connectivity index (χ1v) is 8.52. The van der Waals surface area contributed by atoms with Crippen molar-refractivity contribution in [2.24, 2.45) is 5.41 Å². The van der Waals surface area contributed by atoms with E-state index in [0.29, 0.717) is 5.41 Å². The minimum atomic E-state index is 0.174. The van der Waals surface area contributed by atoms with Crippen molar-refractivity contribution < 1.29 is 0 Å². The average Bonchev–Trinajstić information content (AvgIpc) is 2.87. The number of alkyl halides is 1. The van der Waals surface area contributed by atoms with Gasteiger partial charge in [-0.3, -0.25) is 0 Å². The maximum Gasteiger partial charge on any atom is 0.0843 e. The van der Waals surface area contributed by atoms with Crippen LogP contribution in [0, 0.1) is 5.41 Å². The van der Waals surface area contributed by atoms with Gasteiger partial charge in [-0.25, -0.2) is 0 Å². The predicted octanol–water partition coefficient (Wildman–Crippen LogP) is 6.52. The third-order valence-corrected chi connectivity index (χ3v) is 7.90. The van der Waals surface area contributed by atoms with Crippen LogP contribution >= 0.6 is 54.8 Å². The Kier molecular flexibility index (Phi) is 4.43. The van der Waals surface area contributed by atoms with Crippen molar-refractivity contribution in [2.45, 2.75) is 44.4 Å². The van der Waals surface area contributed by atoms with E-state index in [9.17, 15) is 0 Å². The van der Waals surface area contributed by atoms with Crippen LogP contribution in [0.15, 0.2) is 14.3 Å². The first-order chi connectivity index (χ1) is 7.59. The zero-order chi connectivity index (χ0) is 11.8. The zero-order valence-electron chi connectivity index (χ0n) is 9.23. The van der Waals surface area contributed by atoms with Gasteiger partial charge in [-0.15, -0.1) is 22.9 Å². The summed E-state index contributed by atoms with van der Waals surface area (Å²) < 4.78 is 2.28. The summed E-state index contributed by atoms with van der Waals surface area (Å²) in [6.45, 7) is 2.28. The predicted molar refractivity (Wildman–Crippen MR) is 79.5 cm³/mol. The highest BCUT2D eigenvalue weighted by atomic mass is 79.9. The van der Waals surface area contributed by atoms with Gasteiger partial charge in [0.05, 0.1) is 9.16 Å². The number of hydrogen-bond donors (Lipinski definition) is 0. The lowest BCUT2D eigenvalue weighted by molar-refractivity contribution is 0.273. The van der Waals surface area contributed by atoms with Crippen molar-refractivity contribution in [2.75, 3.05) is 0 Å². The van der Waals surface area contributed by atoms with Gasteiger partial charge in [-0.1, -0.05) is 19.8 Å². The molecule has 4 heteroatoms. The van der Waals surface area contributed by atoms with Crippen molar-refractivity contribution in [3.05, 3.63) is 19.2 Å². The third-order valence-electron chi connectivity index (χ3n) is 3.76. The van der Waals surface area contributed by atoms with Gasteiger partial charge in [0.2, 0.25) is 0 Å². The molecule has 1 aliphatic rings. The summed E-state index contributed by atoms with van der Waals surface area (Å²) in [5.74, 6) is 0. The van der Waals surface area contributed by atoms with E-state index in [2.05, 4.69) is 44.8 Å². The topological polar surface area (TPSA) is 0 Å². The molecule has 1 aromatic rings. The zero-order valence-corrected chi connectivity index (χ0v) is 14.0. The number of hydrogen-bond acceptors (Lipinski definition) is 1. The lowest BCUT2D eigenvalue weighted by atomic mass is 9.79. The number of rotatable bonds is 3. The normalized spacial score (nSPS) is 21.2. The molecule has 0 bridgehead atoms. The van der Waals surface area contributed by atoms with Crippen molar-refractivity contribution >= 4 is 54.8 Å². The van der Waals surface area contributed by atoms with E-state index in [0.717, 1.165) is 8.26 Å². The van der Waals surface area contributed by atoms with Gasteiger partial charge in [-0.2, -0.15) is 0 Å². The first kappa shape index (κ1) is 13.4. The summed E-state index contributed by atoms with van der Waals surface area (Å²) in [7, 11) is 0. The Hall–Kier alpha value is 0.950. The Morgan fingerprint density at radius 3 is 2.50 bits per heavy atom. The van der Waals surface area contributed by atoms with E-state index in [1.165, 1.54) is 37.0 Å². The van der Waals surface area contributed by atoms with Crippen LogP contribution in [0.5, 0.6) is 0 Å². The highest BCUT2D eigenvalue weighted by molar-refractivity contribution is 9.13. The van der Waals surface area contributed by atoms with Crippen LogP contribution in [-0.2, 0) is 0 Å². The second-order valence-corrected chi connectivity index (χ2v) is 8.25. The third kappa shape index (κ3) is 2.38. The molecule has 1 fully saturated rings. The number of halogens is 3. The van der Waals surface area contributed by atoms with Crippen LogP contribution < -0.4 is 0 Å². The maximum absolute atomic E-state index is 6.72. The molecule has 0 nitrogen and oxygen atoms in total. The highest BCUT2D eigenvalue weighted by Crippen LogP contribution is 2.55. The molecule has 0 radical (unpaired) electrons. The molecular formula is C12H15Br2ClS. The molecule has 16 heavy (non-hydrogen) atoms. The largest absolute Gasteiger partial charge is 0.130 e. The molecular weight excluding hydrogens is 371 g/mol. The van der Waals surface area contributed by atoms with Gasteiger partial charge in [-0.05, 0) is 62.6 Å². The van der Waals surface area contributed by atoms with E-state index < -0.39 is 0 Å². The quantitative estimate of drug-likeness (QED) is 0.519. The minimum Gasteiger partial charge on any atom is -0.130 e. The van der Waals surface area contributed by atoms with Crippen LogP contribution in [0.25, 0.3) is 0 Å². The van der Waals surface area contributed by atoms with Gasteiger partial charge in [0, 0.05) is 9.35 Å². The SMILES string of the molecule is CCC1(C(Cl)c2cc(Br)c(Br)s2)CCCC1. The minimum absolute atomic E-state index is 0.174. The highest BCUT2D eigenvalue weighted by Gasteiger charge is 2.40. The summed E-state index contributed by atoms with van der Waals surface area (Å²) in [6.07, 6.45) is 6.43. The van der Waals surface area contributed by atoms with Crippen LogP contribution in [0.1, 0.15) is 49.3 Å². The second-order valence-electron chi connectivity index (χ2n) is 4.56. The number of thiophene rings is 1. The Labute approximate surface area is 123 Å². The van der Waals surface area contributed by atoms with Crippen molar-refractivity contribution in [3.63, 3.8) is 0 Å². The van der Waals surface area contributed by atoms with Crippen molar-refractivity contribution in [1.82, 2.24) is 0 Å². The molecule has 1 heterocycles. The standard InChI is InChI=1S/C12H15Br2ClS/c1-2-12(5-3-4-6-12)10(15)9-7-8(13)11(14)16-9/h7,10H,2-6H2,1H3. The fraction of sp³-hybridized carbons (Fsp3) is 0.667. The second kappa shape index (κ2) is 5.29. The fourth-order valence-corrected chi connectivity index (χ4v) is 5.43. The van der Waals surface area contributed by atoms with Crippen LogP contribution in [0.2, 0.25) is 0 Å². The molecule has 0 aliphatic heterocycles. The van der Waals surface area contributed by atoms with Crippen LogP contribution in [0.4, 0.5) is 0 Å². The molecule has 0 amide bonds. The van der Waals surface area contributed by atoms with Crippen molar-refractivity contribution in [3.8, 4) is 0 Å². The van der Waals surface area contributed by atoms with Gasteiger partial charge < -0.3 is 0 Å². The summed E-state index contributed by atoms with van der Waals surface area (Å²) >= 11 is 15.6.